The summed E-state index contributed by atoms with van der Waals surface area (Å²) >= 11 is 0. The molecule has 2 nitrogen and oxygen atoms in total. The van der Waals surface area contributed by atoms with Crippen molar-refractivity contribution in [2.45, 2.75) is 19.8 Å². The predicted octanol–water partition coefficient (Wildman–Crippen LogP) is 5.96. The second kappa shape index (κ2) is 8.83. The monoisotopic (exact) mass is 386 g/mol. The lowest BCUT2D eigenvalue weighted by molar-refractivity contribution is 0.321. The number of ether oxygens (including phenoxy) is 2. The van der Waals surface area contributed by atoms with Gasteiger partial charge in [-0.2, -0.15) is 4.39 Å². The molecule has 0 aromatic heterocycles. The molecular formula is C23H21F3O2. The zero-order valence-electron chi connectivity index (χ0n) is 15.8. The predicted molar refractivity (Wildman–Crippen MR) is 103 cm³/mol. The summed E-state index contributed by atoms with van der Waals surface area (Å²) in [5.74, 6) is -2.11. The van der Waals surface area contributed by atoms with E-state index in [4.69, 9.17) is 9.47 Å². The number of hydrogen-bond donors (Lipinski definition) is 0. The van der Waals surface area contributed by atoms with Gasteiger partial charge in [-0.3, -0.25) is 0 Å². The highest BCUT2D eigenvalue weighted by Crippen LogP contribution is 2.27. The van der Waals surface area contributed by atoms with Crippen LogP contribution < -0.4 is 9.47 Å². The van der Waals surface area contributed by atoms with Gasteiger partial charge in [0, 0.05) is 0 Å². The van der Waals surface area contributed by atoms with Crippen LogP contribution in [-0.4, -0.2) is 13.7 Å². The van der Waals surface area contributed by atoms with E-state index in [1.165, 1.54) is 25.3 Å². The SMILES string of the molecule is CCOc1ccc(-c2ccc(CCc3ccc(OC)c(F)c3F)cc2)cc1F. The largest absolute Gasteiger partial charge is 0.494 e. The third-order valence-electron chi connectivity index (χ3n) is 4.55. The molecule has 146 valence electrons. The number of halogens is 3. The molecular weight excluding hydrogens is 365 g/mol. The lowest BCUT2D eigenvalue weighted by atomic mass is 10.00. The number of methoxy groups -OCH3 is 1. The minimum absolute atomic E-state index is 0.104. The summed E-state index contributed by atoms with van der Waals surface area (Å²) in [6, 6.07) is 15.4. The van der Waals surface area contributed by atoms with Crippen LogP contribution in [0.3, 0.4) is 0 Å². The molecule has 0 heterocycles. The van der Waals surface area contributed by atoms with Crippen molar-refractivity contribution in [3.8, 4) is 22.6 Å². The number of benzene rings is 3. The van der Waals surface area contributed by atoms with Gasteiger partial charge in [-0.15, -0.1) is 0 Å². The van der Waals surface area contributed by atoms with Gasteiger partial charge in [-0.05, 0) is 60.2 Å². The van der Waals surface area contributed by atoms with E-state index in [1.807, 2.05) is 24.3 Å². The molecule has 3 aromatic carbocycles. The summed E-state index contributed by atoms with van der Waals surface area (Å²) in [5, 5.41) is 0. The maximum absolute atomic E-state index is 14.1. The molecule has 0 radical (unpaired) electrons. The summed E-state index contributed by atoms with van der Waals surface area (Å²) < 4.78 is 51.9. The first-order valence-corrected chi connectivity index (χ1v) is 9.06. The molecule has 0 aliphatic rings. The maximum Gasteiger partial charge on any atom is 0.200 e. The summed E-state index contributed by atoms with van der Waals surface area (Å²) in [6.07, 6.45) is 0.921. The third kappa shape index (κ3) is 4.30. The molecule has 0 fully saturated rings. The summed E-state index contributed by atoms with van der Waals surface area (Å²) in [4.78, 5) is 0. The maximum atomic E-state index is 14.1. The van der Waals surface area contributed by atoms with Crippen LogP contribution in [-0.2, 0) is 12.8 Å². The Morgan fingerprint density at radius 2 is 1.43 bits per heavy atom. The molecule has 0 N–H and O–H groups in total. The molecule has 0 saturated heterocycles. The van der Waals surface area contributed by atoms with Crippen LogP contribution in [0.1, 0.15) is 18.1 Å². The van der Waals surface area contributed by atoms with E-state index in [-0.39, 0.29) is 11.5 Å². The van der Waals surface area contributed by atoms with E-state index in [2.05, 4.69) is 0 Å². The van der Waals surface area contributed by atoms with E-state index >= 15 is 0 Å². The van der Waals surface area contributed by atoms with Gasteiger partial charge >= 0.3 is 0 Å². The molecule has 0 saturated carbocycles. The van der Waals surface area contributed by atoms with Gasteiger partial charge in [0.1, 0.15) is 0 Å². The minimum atomic E-state index is -0.965. The first-order valence-electron chi connectivity index (χ1n) is 9.06. The average molecular weight is 386 g/mol. The van der Waals surface area contributed by atoms with Gasteiger partial charge in [-0.25, -0.2) is 8.78 Å². The van der Waals surface area contributed by atoms with Crippen molar-refractivity contribution in [2.75, 3.05) is 13.7 Å². The van der Waals surface area contributed by atoms with Crippen molar-refractivity contribution in [1.29, 1.82) is 0 Å². The molecule has 0 aliphatic carbocycles. The molecule has 0 aliphatic heterocycles. The lowest BCUT2D eigenvalue weighted by Crippen LogP contribution is -2.00. The first-order chi connectivity index (χ1) is 13.5. The van der Waals surface area contributed by atoms with E-state index in [9.17, 15) is 13.2 Å². The molecule has 0 amide bonds. The zero-order chi connectivity index (χ0) is 20.1. The quantitative estimate of drug-likeness (QED) is 0.499. The minimum Gasteiger partial charge on any atom is -0.494 e. The van der Waals surface area contributed by atoms with Crippen LogP contribution in [0.5, 0.6) is 11.5 Å². The molecule has 5 heteroatoms. The van der Waals surface area contributed by atoms with Crippen LogP contribution in [0, 0.1) is 17.5 Å². The Kier molecular flexibility index (Phi) is 6.24. The Hall–Kier alpha value is -2.95. The van der Waals surface area contributed by atoms with Crippen LogP contribution >= 0.6 is 0 Å². The second-order valence-electron chi connectivity index (χ2n) is 6.33. The van der Waals surface area contributed by atoms with Gasteiger partial charge in [0.05, 0.1) is 13.7 Å². The topological polar surface area (TPSA) is 18.5 Å². The van der Waals surface area contributed by atoms with Crippen molar-refractivity contribution >= 4 is 0 Å². The van der Waals surface area contributed by atoms with E-state index in [0.29, 0.717) is 25.0 Å². The first kappa shape index (κ1) is 19.8. The smallest absolute Gasteiger partial charge is 0.200 e. The fourth-order valence-corrected chi connectivity index (χ4v) is 3.02. The Morgan fingerprint density at radius 1 is 0.750 bits per heavy atom. The normalized spacial score (nSPS) is 10.8. The van der Waals surface area contributed by atoms with Gasteiger partial charge in [-0.1, -0.05) is 36.4 Å². The fourth-order valence-electron chi connectivity index (χ4n) is 3.02. The number of rotatable bonds is 7. The van der Waals surface area contributed by atoms with Crippen molar-refractivity contribution in [1.82, 2.24) is 0 Å². The highest BCUT2D eigenvalue weighted by Gasteiger charge is 2.13. The number of aryl methyl sites for hydroxylation is 2. The van der Waals surface area contributed by atoms with Crippen LogP contribution in [0.2, 0.25) is 0 Å². The van der Waals surface area contributed by atoms with Crippen LogP contribution in [0.4, 0.5) is 13.2 Å². The van der Waals surface area contributed by atoms with Crippen molar-refractivity contribution in [2.24, 2.45) is 0 Å². The third-order valence-corrected chi connectivity index (χ3v) is 4.55. The van der Waals surface area contributed by atoms with Gasteiger partial charge in [0.25, 0.3) is 0 Å². The van der Waals surface area contributed by atoms with Gasteiger partial charge in [0.2, 0.25) is 5.82 Å². The molecule has 0 unspecified atom stereocenters. The van der Waals surface area contributed by atoms with E-state index < -0.39 is 17.5 Å². The van der Waals surface area contributed by atoms with E-state index in [0.717, 1.165) is 16.7 Å². The Bertz CT molecular complexity index is 953. The van der Waals surface area contributed by atoms with Crippen molar-refractivity contribution < 1.29 is 22.6 Å². The summed E-state index contributed by atoms with van der Waals surface area (Å²) in [6.45, 7) is 2.21. The average Bonchev–Trinajstić information content (AvgIpc) is 2.71. The number of hydrogen-bond acceptors (Lipinski definition) is 2. The van der Waals surface area contributed by atoms with Crippen LogP contribution in [0.15, 0.2) is 54.6 Å². The van der Waals surface area contributed by atoms with E-state index in [1.54, 1.807) is 19.1 Å². The fraction of sp³-hybridized carbons (Fsp3) is 0.217. The Morgan fingerprint density at radius 3 is 2.07 bits per heavy atom. The lowest BCUT2D eigenvalue weighted by Gasteiger charge is -2.09. The highest BCUT2D eigenvalue weighted by atomic mass is 19.2. The standard InChI is InChI=1S/C23H21F3O2/c1-3-28-20-12-11-18(14-19(20)24)16-7-4-15(5-8-16)6-9-17-10-13-21(27-2)23(26)22(17)25/h4-5,7-8,10-14H,3,6,9H2,1-2H3. The van der Waals surface area contributed by atoms with Gasteiger partial charge < -0.3 is 9.47 Å². The molecule has 3 aromatic rings. The highest BCUT2D eigenvalue weighted by molar-refractivity contribution is 5.64. The summed E-state index contributed by atoms with van der Waals surface area (Å²) in [7, 11) is 1.30. The second-order valence-corrected chi connectivity index (χ2v) is 6.33. The van der Waals surface area contributed by atoms with Crippen molar-refractivity contribution in [3.05, 3.63) is 83.2 Å². The molecule has 0 spiro atoms. The summed E-state index contributed by atoms with van der Waals surface area (Å²) in [5.41, 5.74) is 2.89. The molecule has 0 bridgehead atoms. The molecule has 28 heavy (non-hydrogen) atoms. The zero-order valence-corrected chi connectivity index (χ0v) is 15.8. The van der Waals surface area contributed by atoms with Gasteiger partial charge in [0.15, 0.2) is 23.1 Å². The van der Waals surface area contributed by atoms with Crippen molar-refractivity contribution in [3.63, 3.8) is 0 Å². The molecule has 3 rings (SSSR count). The molecule has 0 atom stereocenters. The van der Waals surface area contributed by atoms with Crippen LogP contribution in [0.25, 0.3) is 11.1 Å². The Labute approximate surface area is 162 Å². The Balaban J connectivity index is 1.70.